The molecular weight excluding hydrogens is 208 g/mol. The molecule has 74 valence electrons. The van der Waals surface area contributed by atoms with E-state index in [4.69, 9.17) is 26.3 Å². The van der Waals surface area contributed by atoms with Crippen LogP contribution in [0, 0.1) is 0 Å². The zero-order valence-corrected chi connectivity index (χ0v) is 7.86. The van der Waals surface area contributed by atoms with Crippen molar-refractivity contribution in [3.8, 4) is 11.6 Å². The van der Waals surface area contributed by atoms with Gasteiger partial charge in [0, 0.05) is 0 Å². The lowest BCUT2D eigenvalue weighted by molar-refractivity contribution is 0.164. The van der Waals surface area contributed by atoms with Crippen molar-refractivity contribution >= 4 is 17.8 Å². The molecule has 14 heavy (non-hydrogen) atoms. The second-order valence-corrected chi connectivity index (χ2v) is 3.00. The van der Waals surface area contributed by atoms with Gasteiger partial charge in [-0.3, -0.25) is 0 Å². The first-order valence-corrected chi connectivity index (χ1v) is 4.32. The molecule has 1 N–H and O–H groups in total. The summed E-state index contributed by atoms with van der Waals surface area (Å²) in [6.45, 7) is 0.888. The van der Waals surface area contributed by atoms with Crippen molar-refractivity contribution in [3.05, 3.63) is 16.8 Å². The van der Waals surface area contributed by atoms with E-state index in [9.17, 15) is 0 Å². The lowest BCUT2D eigenvalue weighted by Crippen LogP contribution is -2.17. The number of nitrogens with zero attached hydrogens (tertiary/aromatic N) is 2. The lowest BCUT2D eigenvalue weighted by Gasteiger charge is -2.18. The molecule has 5 nitrogen and oxygen atoms in total. The highest BCUT2D eigenvalue weighted by Crippen LogP contribution is 2.34. The van der Waals surface area contributed by atoms with Crippen LogP contribution in [0.1, 0.15) is 5.56 Å². The summed E-state index contributed by atoms with van der Waals surface area (Å²) < 4.78 is 10.5. The van der Waals surface area contributed by atoms with Crippen LogP contribution in [0.25, 0.3) is 0 Å². The molecule has 0 unspecified atom stereocenters. The third kappa shape index (κ3) is 1.46. The fraction of sp³-hybridized carbons (Fsp3) is 0.250. The average Bonchev–Trinajstić information content (AvgIpc) is 2.23. The lowest BCUT2D eigenvalue weighted by atomic mass is 10.2. The van der Waals surface area contributed by atoms with E-state index < -0.39 is 0 Å². The predicted octanol–water partition coefficient (Wildman–Crippen LogP) is 1.31. The molecule has 1 aliphatic rings. The maximum atomic E-state index is 8.44. The Morgan fingerprint density at radius 1 is 1.50 bits per heavy atom. The molecule has 1 aromatic rings. The van der Waals surface area contributed by atoms with Crippen LogP contribution in [-0.4, -0.2) is 29.6 Å². The van der Waals surface area contributed by atoms with Gasteiger partial charge in [-0.1, -0.05) is 16.8 Å². The smallest absolute Gasteiger partial charge is 0.257 e. The number of rotatable bonds is 1. The highest BCUT2D eigenvalue weighted by atomic mass is 35.5. The summed E-state index contributed by atoms with van der Waals surface area (Å²) in [4.78, 5) is 3.94. The number of pyridine rings is 1. The van der Waals surface area contributed by atoms with Gasteiger partial charge in [-0.05, 0) is 0 Å². The van der Waals surface area contributed by atoms with E-state index in [1.165, 1.54) is 12.4 Å². The van der Waals surface area contributed by atoms with Gasteiger partial charge < -0.3 is 14.7 Å². The van der Waals surface area contributed by atoms with E-state index in [-0.39, 0.29) is 0 Å². The molecule has 2 heterocycles. The summed E-state index contributed by atoms with van der Waals surface area (Å²) in [5.41, 5.74) is 0.471. The number of halogens is 1. The summed E-state index contributed by atoms with van der Waals surface area (Å²) in [5, 5.41) is 11.7. The SMILES string of the molecule is ON=Cc1c(Cl)cnc2c1OCCO2. The van der Waals surface area contributed by atoms with Gasteiger partial charge in [-0.15, -0.1) is 0 Å². The highest BCUT2D eigenvalue weighted by molar-refractivity contribution is 6.33. The molecule has 0 bridgehead atoms. The summed E-state index contributed by atoms with van der Waals surface area (Å²) in [7, 11) is 0. The maximum absolute atomic E-state index is 8.44. The average molecular weight is 215 g/mol. The Hall–Kier alpha value is -1.49. The molecule has 0 saturated carbocycles. The van der Waals surface area contributed by atoms with Crippen LogP contribution >= 0.6 is 11.6 Å². The maximum Gasteiger partial charge on any atom is 0.257 e. The van der Waals surface area contributed by atoms with Crippen molar-refractivity contribution in [2.75, 3.05) is 13.2 Å². The summed E-state index contributed by atoms with van der Waals surface area (Å²) in [6, 6.07) is 0. The minimum absolute atomic E-state index is 0.354. The van der Waals surface area contributed by atoms with Crippen molar-refractivity contribution in [1.82, 2.24) is 4.98 Å². The second kappa shape index (κ2) is 3.71. The van der Waals surface area contributed by atoms with E-state index in [2.05, 4.69) is 10.1 Å². The molecule has 0 fully saturated rings. The molecule has 1 aromatic heterocycles. The molecular formula is C8H7ClN2O3. The fourth-order valence-electron chi connectivity index (χ4n) is 1.17. The van der Waals surface area contributed by atoms with E-state index in [0.717, 1.165) is 0 Å². The van der Waals surface area contributed by atoms with Crippen molar-refractivity contribution in [1.29, 1.82) is 0 Å². The van der Waals surface area contributed by atoms with Crippen molar-refractivity contribution in [2.45, 2.75) is 0 Å². The molecule has 2 rings (SSSR count). The zero-order valence-electron chi connectivity index (χ0n) is 7.11. The first-order valence-electron chi connectivity index (χ1n) is 3.94. The van der Waals surface area contributed by atoms with Crippen molar-refractivity contribution < 1.29 is 14.7 Å². The highest BCUT2D eigenvalue weighted by Gasteiger charge is 2.19. The minimum atomic E-state index is 0.354. The number of aromatic nitrogens is 1. The van der Waals surface area contributed by atoms with Crippen LogP contribution in [0.2, 0.25) is 5.02 Å². The Balaban J connectivity index is 2.54. The molecule has 6 heteroatoms. The van der Waals surface area contributed by atoms with Crippen LogP contribution in [0.5, 0.6) is 11.6 Å². The van der Waals surface area contributed by atoms with Gasteiger partial charge in [0.1, 0.15) is 13.2 Å². The molecule has 0 aromatic carbocycles. The number of fused-ring (bicyclic) bond motifs is 1. The van der Waals surface area contributed by atoms with Gasteiger partial charge in [0.15, 0.2) is 5.75 Å². The standard InChI is InChI=1S/C8H7ClN2O3/c9-6-4-10-8-7(5(6)3-11-12)13-1-2-14-8/h3-4,12H,1-2H2. The van der Waals surface area contributed by atoms with Crippen molar-refractivity contribution in [3.63, 3.8) is 0 Å². The van der Waals surface area contributed by atoms with E-state index >= 15 is 0 Å². The van der Waals surface area contributed by atoms with Crippen molar-refractivity contribution in [2.24, 2.45) is 5.16 Å². The first-order chi connectivity index (χ1) is 6.83. The molecule has 0 atom stereocenters. The normalized spacial score (nSPS) is 14.6. The van der Waals surface area contributed by atoms with Gasteiger partial charge in [-0.25, -0.2) is 4.98 Å². The molecule has 0 saturated heterocycles. The van der Waals surface area contributed by atoms with Crippen LogP contribution < -0.4 is 9.47 Å². The molecule has 0 radical (unpaired) electrons. The van der Waals surface area contributed by atoms with Crippen LogP contribution in [-0.2, 0) is 0 Å². The number of hydrogen-bond acceptors (Lipinski definition) is 5. The van der Waals surface area contributed by atoms with E-state index in [0.29, 0.717) is 35.4 Å². The zero-order chi connectivity index (χ0) is 9.97. The third-order valence-electron chi connectivity index (χ3n) is 1.75. The Kier molecular flexibility index (Phi) is 2.41. The Bertz CT molecular complexity index is 381. The number of hydrogen-bond donors (Lipinski definition) is 1. The fourth-order valence-corrected chi connectivity index (χ4v) is 1.35. The van der Waals surface area contributed by atoms with E-state index in [1.807, 2.05) is 0 Å². The quantitative estimate of drug-likeness (QED) is 0.435. The monoisotopic (exact) mass is 214 g/mol. The Morgan fingerprint density at radius 2 is 2.29 bits per heavy atom. The van der Waals surface area contributed by atoms with Gasteiger partial charge in [0.25, 0.3) is 5.88 Å². The number of ether oxygens (including phenoxy) is 2. The summed E-state index contributed by atoms with van der Waals surface area (Å²) in [6.07, 6.45) is 2.61. The molecule has 1 aliphatic heterocycles. The van der Waals surface area contributed by atoms with Crippen LogP contribution in [0.4, 0.5) is 0 Å². The Morgan fingerprint density at radius 3 is 3.07 bits per heavy atom. The Labute approximate surface area is 84.9 Å². The number of oxime groups is 1. The summed E-state index contributed by atoms with van der Waals surface area (Å²) >= 11 is 5.84. The first kappa shape index (κ1) is 9.08. The molecule has 0 amide bonds. The third-order valence-corrected chi connectivity index (χ3v) is 2.05. The second-order valence-electron chi connectivity index (χ2n) is 2.60. The summed E-state index contributed by atoms with van der Waals surface area (Å²) in [5.74, 6) is 0.789. The topological polar surface area (TPSA) is 63.9 Å². The minimum Gasteiger partial charge on any atom is -0.484 e. The predicted molar refractivity (Wildman–Crippen MR) is 49.6 cm³/mol. The van der Waals surface area contributed by atoms with Gasteiger partial charge in [0.2, 0.25) is 0 Å². The molecule has 0 spiro atoms. The molecule has 0 aliphatic carbocycles. The van der Waals surface area contributed by atoms with E-state index in [1.54, 1.807) is 0 Å². The van der Waals surface area contributed by atoms with Crippen LogP contribution in [0.15, 0.2) is 11.4 Å². The van der Waals surface area contributed by atoms with Crippen LogP contribution in [0.3, 0.4) is 0 Å². The van der Waals surface area contributed by atoms with Gasteiger partial charge >= 0.3 is 0 Å². The van der Waals surface area contributed by atoms with Gasteiger partial charge in [-0.2, -0.15) is 0 Å². The van der Waals surface area contributed by atoms with Gasteiger partial charge in [0.05, 0.1) is 23.0 Å². The largest absolute Gasteiger partial charge is 0.484 e.